The van der Waals surface area contributed by atoms with Crippen LogP contribution in [0.2, 0.25) is 0 Å². The van der Waals surface area contributed by atoms with Crippen LogP contribution in [0, 0.1) is 13.8 Å². The highest BCUT2D eigenvalue weighted by Crippen LogP contribution is 2.18. The topological polar surface area (TPSA) is 43.7 Å². The fourth-order valence-corrected chi connectivity index (χ4v) is 2.07. The molecular formula is C15H25NO2. The predicted molar refractivity (Wildman–Crippen MR) is 74.7 cm³/mol. The van der Waals surface area contributed by atoms with Gasteiger partial charge in [-0.15, -0.1) is 0 Å². The van der Waals surface area contributed by atoms with Gasteiger partial charge in [-0.3, -0.25) is 4.90 Å². The van der Waals surface area contributed by atoms with Crippen LogP contribution in [-0.2, 0) is 0 Å². The quantitative estimate of drug-likeness (QED) is 0.779. The van der Waals surface area contributed by atoms with Gasteiger partial charge in [0.25, 0.3) is 0 Å². The highest BCUT2D eigenvalue weighted by atomic mass is 16.3. The third kappa shape index (κ3) is 4.41. The highest BCUT2D eigenvalue weighted by molar-refractivity contribution is 5.31. The second kappa shape index (κ2) is 7.52. The van der Waals surface area contributed by atoms with Crippen molar-refractivity contribution in [2.45, 2.75) is 33.3 Å². The molecule has 0 spiro atoms. The first-order valence-corrected chi connectivity index (χ1v) is 6.67. The summed E-state index contributed by atoms with van der Waals surface area (Å²) >= 11 is 0. The van der Waals surface area contributed by atoms with Gasteiger partial charge in [-0.25, -0.2) is 0 Å². The Bertz CT molecular complexity index is 360. The molecular weight excluding hydrogens is 226 g/mol. The molecule has 0 aromatic heterocycles. The van der Waals surface area contributed by atoms with E-state index in [4.69, 9.17) is 5.11 Å². The van der Waals surface area contributed by atoms with Crippen LogP contribution >= 0.6 is 0 Å². The molecule has 0 bridgehead atoms. The van der Waals surface area contributed by atoms with E-state index in [1.54, 1.807) is 0 Å². The molecule has 0 saturated carbocycles. The lowest BCUT2D eigenvalue weighted by Crippen LogP contribution is -2.32. The fraction of sp³-hybridized carbons (Fsp3) is 0.600. The standard InChI is InChI=1S/C15H25NO2/c1-4-7-16(8-9-17)11-15(18)14-6-5-12(2)13(3)10-14/h5-6,10,15,17-18H,4,7-9,11H2,1-3H3/t15-/m0/s1. The molecule has 1 aromatic carbocycles. The smallest absolute Gasteiger partial charge is 0.0917 e. The third-order valence-corrected chi connectivity index (χ3v) is 3.30. The monoisotopic (exact) mass is 251 g/mol. The molecule has 3 heteroatoms. The molecule has 0 heterocycles. The Morgan fingerprint density at radius 1 is 1.17 bits per heavy atom. The zero-order valence-corrected chi connectivity index (χ0v) is 11.7. The van der Waals surface area contributed by atoms with Crippen LogP contribution < -0.4 is 0 Å². The van der Waals surface area contributed by atoms with Crippen LogP contribution in [0.5, 0.6) is 0 Å². The van der Waals surface area contributed by atoms with Crippen molar-refractivity contribution in [2.24, 2.45) is 0 Å². The zero-order chi connectivity index (χ0) is 13.5. The summed E-state index contributed by atoms with van der Waals surface area (Å²) in [5, 5.41) is 19.2. The predicted octanol–water partition coefficient (Wildman–Crippen LogP) is 2.04. The minimum atomic E-state index is -0.484. The molecule has 0 unspecified atom stereocenters. The molecule has 0 aliphatic carbocycles. The second-order valence-corrected chi connectivity index (χ2v) is 4.88. The first-order chi connectivity index (χ1) is 8.58. The van der Waals surface area contributed by atoms with E-state index in [-0.39, 0.29) is 6.61 Å². The van der Waals surface area contributed by atoms with E-state index in [0.717, 1.165) is 18.5 Å². The summed E-state index contributed by atoms with van der Waals surface area (Å²) in [5.41, 5.74) is 3.40. The van der Waals surface area contributed by atoms with E-state index >= 15 is 0 Å². The molecule has 3 nitrogen and oxygen atoms in total. The van der Waals surface area contributed by atoms with Crippen molar-refractivity contribution in [2.75, 3.05) is 26.2 Å². The van der Waals surface area contributed by atoms with E-state index in [1.807, 2.05) is 18.2 Å². The summed E-state index contributed by atoms with van der Waals surface area (Å²) in [6.07, 6.45) is 0.544. The van der Waals surface area contributed by atoms with Crippen molar-refractivity contribution < 1.29 is 10.2 Å². The minimum absolute atomic E-state index is 0.139. The van der Waals surface area contributed by atoms with E-state index in [0.29, 0.717) is 13.1 Å². The average molecular weight is 251 g/mol. The van der Waals surface area contributed by atoms with Crippen molar-refractivity contribution in [1.29, 1.82) is 0 Å². The largest absolute Gasteiger partial charge is 0.395 e. The molecule has 102 valence electrons. The van der Waals surface area contributed by atoms with Gasteiger partial charge < -0.3 is 10.2 Å². The Kier molecular flexibility index (Phi) is 6.33. The number of aliphatic hydroxyl groups excluding tert-OH is 2. The van der Waals surface area contributed by atoms with Gasteiger partial charge in [-0.05, 0) is 43.5 Å². The summed E-state index contributed by atoms with van der Waals surface area (Å²) in [6.45, 7) is 8.48. The Labute approximate surface area is 110 Å². The molecule has 2 N–H and O–H groups in total. The minimum Gasteiger partial charge on any atom is -0.395 e. The zero-order valence-electron chi connectivity index (χ0n) is 11.7. The van der Waals surface area contributed by atoms with Gasteiger partial charge in [-0.1, -0.05) is 25.1 Å². The maximum absolute atomic E-state index is 10.2. The number of hydrogen-bond donors (Lipinski definition) is 2. The summed E-state index contributed by atoms with van der Waals surface area (Å²) in [4.78, 5) is 2.10. The van der Waals surface area contributed by atoms with Gasteiger partial charge in [0.1, 0.15) is 0 Å². The molecule has 18 heavy (non-hydrogen) atoms. The third-order valence-electron chi connectivity index (χ3n) is 3.30. The number of hydrogen-bond acceptors (Lipinski definition) is 3. The molecule has 0 radical (unpaired) electrons. The van der Waals surface area contributed by atoms with E-state index < -0.39 is 6.10 Å². The maximum Gasteiger partial charge on any atom is 0.0917 e. The van der Waals surface area contributed by atoms with Crippen molar-refractivity contribution in [3.8, 4) is 0 Å². The van der Waals surface area contributed by atoms with Crippen LogP contribution in [0.1, 0.15) is 36.1 Å². The molecule has 0 fully saturated rings. The molecule has 1 atom stereocenters. The summed E-state index contributed by atoms with van der Waals surface area (Å²) in [7, 11) is 0. The Hall–Kier alpha value is -0.900. The first-order valence-electron chi connectivity index (χ1n) is 6.67. The van der Waals surface area contributed by atoms with Crippen molar-refractivity contribution in [1.82, 2.24) is 4.90 Å². The SMILES string of the molecule is CCCN(CCO)C[C@H](O)c1ccc(C)c(C)c1. The van der Waals surface area contributed by atoms with Gasteiger partial charge in [0.05, 0.1) is 12.7 Å². The van der Waals surface area contributed by atoms with Crippen LogP contribution in [0.15, 0.2) is 18.2 Å². The summed E-state index contributed by atoms with van der Waals surface area (Å²) in [6, 6.07) is 6.07. The number of nitrogens with zero attached hydrogens (tertiary/aromatic N) is 1. The maximum atomic E-state index is 10.2. The Balaban J connectivity index is 2.67. The van der Waals surface area contributed by atoms with E-state index in [1.165, 1.54) is 11.1 Å². The van der Waals surface area contributed by atoms with Gasteiger partial charge in [0.2, 0.25) is 0 Å². The molecule has 1 rings (SSSR count). The molecule has 1 aromatic rings. The molecule has 0 aliphatic rings. The van der Waals surface area contributed by atoms with Crippen LogP contribution in [0.25, 0.3) is 0 Å². The Morgan fingerprint density at radius 3 is 2.44 bits per heavy atom. The number of aliphatic hydroxyl groups is 2. The highest BCUT2D eigenvalue weighted by Gasteiger charge is 2.13. The van der Waals surface area contributed by atoms with Crippen molar-refractivity contribution >= 4 is 0 Å². The van der Waals surface area contributed by atoms with E-state index in [9.17, 15) is 5.11 Å². The lowest BCUT2D eigenvalue weighted by Gasteiger charge is -2.24. The lowest BCUT2D eigenvalue weighted by molar-refractivity contribution is 0.0998. The van der Waals surface area contributed by atoms with Crippen molar-refractivity contribution in [3.05, 3.63) is 34.9 Å². The number of aryl methyl sites for hydroxylation is 2. The molecule has 0 aliphatic heterocycles. The molecule has 0 saturated heterocycles. The van der Waals surface area contributed by atoms with Gasteiger partial charge in [-0.2, -0.15) is 0 Å². The summed E-state index contributed by atoms with van der Waals surface area (Å²) in [5.74, 6) is 0. The van der Waals surface area contributed by atoms with Crippen LogP contribution in [0.4, 0.5) is 0 Å². The fourth-order valence-electron chi connectivity index (χ4n) is 2.07. The Morgan fingerprint density at radius 2 is 1.89 bits per heavy atom. The van der Waals surface area contributed by atoms with Crippen LogP contribution in [0.3, 0.4) is 0 Å². The van der Waals surface area contributed by atoms with Gasteiger partial charge in [0.15, 0.2) is 0 Å². The van der Waals surface area contributed by atoms with E-state index in [2.05, 4.69) is 25.7 Å². The lowest BCUT2D eigenvalue weighted by atomic mass is 10.0. The second-order valence-electron chi connectivity index (χ2n) is 4.88. The number of benzene rings is 1. The normalized spacial score (nSPS) is 13.0. The van der Waals surface area contributed by atoms with Crippen LogP contribution in [-0.4, -0.2) is 41.4 Å². The van der Waals surface area contributed by atoms with Crippen molar-refractivity contribution in [3.63, 3.8) is 0 Å². The van der Waals surface area contributed by atoms with Gasteiger partial charge >= 0.3 is 0 Å². The first kappa shape index (κ1) is 15.2. The molecule has 0 amide bonds. The van der Waals surface area contributed by atoms with Gasteiger partial charge in [0, 0.05) is 13.1 Å². The summed E-state index contributed by atoms with van der Waals surface area (Å²) < 4.78 is 0. The number of rotatable bonds is 7. The average Bonchev–Trinajstić information content (AvgIpc) is 2.33.